The summed E-state index contributed by atoms with van der Waals surface area (Å²) >= 11 is 0. The fourth-order valence-electron chi connectivity index (χ4n) is 3.39. The molecule has 2 aromatic heterocycles. The van der Waals surface area contributed by atoms with E-state index in [4.69, 9.17) is 13.6 Å². The summed E-state index contributed by atoms with van der Waals surface area (Å²) in [5.74, 6) is -1.05. The Morgan fingerprint density at radius 3 is 2.59 bits per heavy atom. The monoisotopic (exact) mass is 431 g/mol. The highest BCUT2D eigenvalue weighted by Crippen LogP contribution is 2.19. The van der Waals surface area contributed by atoms with Crippen molar-refractivity contribution < 1.29 is 23.2 Å². The number of carbonyl (C=O) groups is 2. The highest BCUT2D eigenvalue weighted by atomic mass is 16.5. The maximum Gasteiger partial charge on any atom is 0.336 e. The molecule has 32 heavy (non-hydrogen) atoms. The standard InChI is InChI=1S/C25H21NO6/c1-16-9-10-19-18(14-23(27)32-22(19)12-16)15-31-25(29)20(13-17-6-3-2-4-7-17)26-24(28)21-8-5-11-30-21/h2-12,14,20H,13,15H2,1H3,(H,26,28)/t20-/m1/s1. The van der Waals surface area contributed by atoms with Gasteiger partial charge in [-0.3, -0.25) is 4.79 Å². The van der Waals surface area contributed by atoms with Crippen molar-refractivity contribution in [1.29, 1.82) is 0 Å². The zero-order valence-corrected chi connectivity index (χ0v) is 17.4. The fraction of sp³-hybridized carbons (Fsp3) is 0.160. The largest absolute Gasteiger partial charge is 0.459 e. The SMILES string of the molecule is Cc1ccc2c(COC(=O)[C@@H](Cc3ccccc3)NC(=O)c3ccco3)cc(=O)oc2c1. The molecule has 0 unspecified atom stereocenters. The number of hydrogen-bond donors (Lipinski definition) is 1. The Hall–Kier alpha value is -4.13. The van der Waals surface area contributed by atoms with Gasteiger partial charge in [-0.25, -0.2) is 9.59 Å². The highest BCUT2D eigenvalue weighted by Gasteiger charge is 2.25. The topological polar surface area (TPSA) is 98.7 Å². The first-order valence-corrected chi connectivity index (χ1v) is 10.1. The van der Waals surface area contributed by atoms with Gasteiger partial charge in [-0.2, -0.15) is 0 Å². The van der Waals surface area contributed by atoms with Gasteiger partial charge in [0, 0.05) is 23.4 Å². The van der Waals surface area contributed by atoms with E-state index in [-0.39, 0.29) is 18.8 Å². The van der Waals surface area contributed by atoms with Gasteiger partial charge < -0.3 is 18.9 Å². The second kappa shape index (κ2) is 9.34. The van der Waals surface area contributed by atoms with E-state index in [1.165, 1.54) is 18.4 Å². The summed E-state index contributed by atoms with van der Waals surface area (Å²) in [6, 6.07) is 18.2. The predicted octanol–water partition coefficient (Wildman–Crippen LogP) is 3.78. The van der Waals surface area contributed by atoms with Crippen LogP contribution in [0.2, 0.25) is 0 Å². The maximum atomic E-state index is 12.9. The number of ether oxygens (including phenoxy) is 1. The number of rotatable bonds is 7. The molecule has 4 aromatic rings. The Morgan fingerprint density at radius 1 is 1.03 bits per heavy atom. The number of nitrogens with one attached hydrogen (secondary N) is 1. The molecule has 2 heterocycles. The van der Waals surface area contributed by atoms with Gasteiger partial charge in [0.05, 0.1) is 6.26 Å². The molecule has 0 bridgehead atoms. The molecule has 1 amide bonds. The smallest absolute Gasteiger partial charge is 0.336 e. The lowest BCUT2D eigenvalue weighted by atomic mass is 10.1. The van der Waals surface area contributed by atoms with Crippen molar-refractivity contribution in [2.45, 2.75) is 26.0 Å². The van der Waals surface area contributed by atoms with Crippen LogP contribution in [0.4, 0.5) is 0 Å². The number of esters is 1. The number of furan rings is 1. The number of aryl methyl sites for hydroxylation is 1. The van der Waals surface area contributed by atoms with Crippen LogP contribution in [0.25, 0.3) is 11.0 Å². The van der Waals surface area contributed by atoms with Crippen LogP contribution in [0.1, 0.15) is 27.2 Å². The zero-order chi connectivity index (χ0) is 22.5. The van der Waals surface area contributed by atoms with Crippen LogP contribution < -0.4 is 10.9 Å². The fourth-order valence-corrected chi connectivity index (χ4v) is 3.39. The van der Waals surface area contributed by atoms with Gasteiger partial charge in [-0.05, 0) is 36.2 Å². The third kappa shape index (κ3) is 4.95. The van der Waals surface area contributed by atoms with E-state index in [1.54, 1.807) is 12.1 Å². The maximum absolute atomic E-state index is 12.9. The van der Waals surface area contributed by atoms with Gasteiger partial charge >= 0.3 is 11.6 Å². The lowest BCUT2D eigenvalue weighted by molar-refractivity contribution is -0.147. The van der Waals surface area contributed by atoms with Crippen LogP contribution in [-0.2, 0) is 22.6 Å². The number of benzene rings is 2. The van der Waals surface area contributed by atoms with Crippen molar-refractivity contribution in [3.05, 3.63) is 106 Å². The van der Waals surface area contributed by atoms with Crippen molar-refractivity contribution in [1.82, 2.24) is 5.32 Å². The summed E-state index contributed by atoms with van der Waals surface area (Å²) in [5, 5.41) is 3.36. The molecule has 0 spiro atoms. The molecule has 0 saturated carbocycles. The first-order valence-electron chi connectivity index (χ1n) is 10.1. The van der Waals surface area contributed by atoms with Crippen LogP contribution >= 0.6 is 0 Å². The number of fused-ring (bicyclic) bond motifs is 1. The lowest BCUT2D eigenvalue weighted by Crippen LogP contribution is -2.43. The van der Waals surface area contributed by atoms with Crippen molar-refractivity contribution in [2.24, 2.45) is 0 Å². The molecule has 2 aromatic carbocycles. The lowest BCUT2D eigenvalue weighted by Gasteiger charge is -2.17. The van der Waals surface area contributed by atoms with Crippen LogP contribution in [0, 0.1) is 6.92 Å². The average Bonchev–Trinajstić information content (AvgIpc) is 3.32. The Morgan fingerprint density at radius 2 is 1.84 bits per heavy atom. The molecule has 1 N–H and O–H groups in total. The number of hydrogen-bond acceptors (Lipinski definition) is 6. The molecule has 1 atom stereocenters. The first-order chi connectivity index (χ1) is 15.5. The van der Waals surface area contributed by atoms with Crippen molar-refractivity contribution in [3.8, 4) is 0 Å². The molecule has 0 aliphatic heterocycles. The van der Waals surface area contributed by atoms with E-state index in [0.717, 1.165) is 11.1 Å². The van der Waals surface area contributed by atoms with E-state index in [0.29, 0.717) is 16.5 Å². The molecule has 162 valence electrons. The Bertz CT molecular complexity index is 1290. The summed E-state index contributed by atoms with van der Waals surface area (Å²) in [6.07, 6.45) is 1.62. The second-order valence-corrected chi connectivity index (χ2v) is 7.39. The summed E-state index contributed by atoms with van der Waals surface area (Å²) in [6.45, 7) is 1.76. The van der Waals surface area contributed by atoms with Crippen molar-refractivity contribution in [2.75, 3.05) is 0 Å². The molecule has 0 aliphatic rings. The summed E-state index contributed by atoms with van der Waals surface area (Å²) in [7, 11) is 0. The van der Waals surface area contributed by atoms with Crippen molar-refractivity contribution >= 4 is 22.8 Å². The molecular weight excluding hydrogens is 410 g/mol. The average molecular weight is 431 g/mol. The normalized spacial score (nSPS) is 11.8. The minimum Gasteiger partial charge on any atom is -0.459 e. The molecule has 0 aliphatic carbocycles. The molecule has 4 rings (SSSR count). The Kier molecular flexibility index (Phi) is 6.17. The third-order valence-corrected chi connectivity index (χ3v) is 4.97. The van der Waals surface area contributed by atoms with E-state index < -0.39 is 23.5 Å². The molecule has 0 radical (unpaired) electrons. The molecular formula is C25H21NO6. The zero-order valence-electron chi connectivity index (χ0n) is 17.4. The molecule has 0 saturated heterocycles. The highest BCUT2D eigenvalue weighted by molar-refractivity contribution is 5.94. The van der Waals surface area contributed by atoms with Crippen LogP contribution in [0.3, 0.4) is 0 Å². The van der Waals surface area contributed by atoms with E-state index in [1.807, 2.05) is 49.4 Å². The summed E-state index contributed by atoms with van der Waals surface area (Å²) < 4.78 is 15.9. The first kappa shape index (κ1) is 21.1. The van der Waals surface area contributed by atoms with Gasteiger partial charge in [-0.15, -0.1) is 0 Å². The van der Waals surface area contributed by atoms with Gasteiger partial charge in [0.15, 0.2) is 5.76 Å². The minimum atomic E-state index is -0.941. The van der Waals surface area contributed by atoms with Crippen LogP contribution in [0.5, 0.6) is 0 Å². The Balaban J connectivity index is 1.54. The molecule has 0 fully saturated rings. The number of carbonyl (C=O) groups excluding carboxylic acids is 2. The number of amides is 1. The summed E-state index contributed by atoms with van der Waals surface area (Å²) in [5.41, 5.74) is 2.23. The quantitative estimate of drug-likeness (QED) is 0.353. The van der Waals surface area contributed by atoms with Gasteiger partial charge in [0.25, 0.3) is 5.91 Å². The van der Waals surface area contributed by atoms with Crippen molar-refractivity contribution in [3.63, 3.8) is 0 Å². The van der Waals surface area contributed by atoms with E-state index in [2.05, 4.69) is 5.32 Å². The third-order valence-electron chi connectivity index (χ3n) is 4.97. The molecule has 7 nitrogen and oxygen atoms in total. The van der Waals surface area contributed by atoms with Gasteiger partial charge in [0.1, 0.15) is 18.2 Å². The van der Waals surface area contributed by atoms with Gasteiger partial charge in [0.2, 0.25) is 0 Å². The molecule has 7 heteroatoms. The predicted molar refractivity (Wildman–Crippen MR) is 117 cm³/mol. The van der Waals surface area contributed by atoms with Gasteiger partial charge in [-0.1, -0.05) is 42.5 Å². The summed E-state index contributed by atoms with van der Waals surface area (Å²) in [4.78, 5) is 37.3. The van der Waals surface area contributed by atoms with E-state index >= 15 is 0 Å². The van der Waals surface area contributed by atoms with Crippen LogP contribution in [-0.4, -0.2) is 17.9 Å². The Labute approximate surface area is 183 Å². The van der Waals surface area contributed by atoms with E-state index in [9.17, 15) is 14.4 Å². The minimum absolute atomic E-state index is 0.0953. The second-order valence-electron chi connectivity index (χ2n) is 7.39. The van der Waals surface area contributed by atoms with Crippen LogP contribution in [0.15, 0.2) is 86.6 Å².